The first-order chi connectivity index (χ1) is 8.20. The standard InChI is InChI=1S/C12H15N3O2/c13-4-5-14-11(16)8-15-6-3-10(7-15)12(17)9-1-2-9/h3,6-7,9,12,17H,1-2,5,8H2,(H,14,16). The maximum Gasteiger partial charge on any atom is 0.240 e. The molecule has 0 saturated heterocycles. The zero-order valence-electron chi connectivity index (χ0n) is 9.47. The van der Waals surface area contributed by atoms with Gasteiger partial charge >= 0.3 is 0 Å². The van der Waals surface area contributed by atoms with E-state index in [1.54, 1.807) is 17.0 Å². The van der Waals surface area contributed by atoms with Gasteiger partial charge in [-0.15, -0.1) is 0 Å². The predicted molar refractivity (Wildman–Crippen MR) is 60.7 cm³/mol. The van der Waals surface area contributed by atoms with Crippen LogP contribution in [0.2, 0.25) is 0 Å². The van der Waals surface area contributed by atoms with Crippen molar-refractivity contribution in [3.8, 4) is 6.07 Å². The average Bonchev–Trinajstić information content (AvgIpc) is 3.06. The molecule has 1 atom stereocenters. The summed E-state index contributed by atoms with van der Waals surface area (Å²) in [6.07, 6.45) is 5.31. The number of nitrogens with one attached hydrogen (secondary N) is 1. The van der Waals surface area contributed by atoms with Crippen LogP contribution in [-0.4, -0.2) is 22.1 Å². The molecule has 1 aromatic heterocycles. The Morgan fingerprint density at radius 3 is 3.12 bits per heavy atom. The van der Waals surface area contributed by atoms with Crippen LogP contribution in [0.3, 0.4) is 0 Å². The van der Waals surface area contributed by atoms with Gasteiger partial charge in [-0.2, -0.15) is 5.26 Å². The molecule has 1 fully saturated rings. The van der Waals surface area contributed by atoms with Crippen LogP contribution >= 0.6 is 0 Å². The Labute approximate surface area is 99.7 Å². The van der Waals surface area contributed by atoms with E-state index in [0.29, 0.717) is 5.92 Å². The summed E-state index contributed by atoms with van der Waals surface area (Å²) in [5, 5.41) is 20.7. The third-order valence-corrected chi connectivity index (χ3v) is 2.87. The van der Waals surface area contributed by atoms with E-state index in [0.717, 1.165) is 18.4 Å². The summed E-state index contributed by atoms with van der Waals surface area (Å²) < 4.78 is 1.72. The van der Waals surface area contributed by atoms with Gasteiger partial charge in [-0.3, -0.25) is 4.79 Å². The molecular formula is C12H15N3O2. The Kier molecular flexibility index (Phi) is 3.45. The fourth-order valence-electron chi connectivity index (χ4n) is 1.78. The van der Waals surface area contributed by atoms with Crippen molar-refractivity contribution in [2.24, 2.45) is 5.92 Å². The summed E-state index contributed by atoms with van der Waals surface area (Å²) in [4.78, 5) is 11.4. The molecule has 0 aliphatic heterocycles. The number of aliphatic hydroxyl groups excluding tert-OH is 1. The second-order valence-electron chi connectivity index (χ2n) is 4.33. The first kappa shape index (κ1) is 11.7. The van der Waals surface area contributed by atoms with E-state index in [9.17, 15) is 9.90 Å². The summed E-state index contributed by atoms with van der Waals surface area (Å²) in [6, 6.07) is 3.68. The summed E-state index contributed by atoms with van der Waals surface area (Å²) in [5.41, 5.74) is 0.862. The number of nitriles is 1. The average molecular weight is 233 g/mol. The quantitative estimate of drug-likeness (QED) is 0.730. The molecule has 17 heavy (non-hydrogen) atoms. The minimum atomic E-state index is -0.404. The van der Waals surface area contributed by atoms with E-state index in [2.05, 4.69) is 5.32 Å². The Morgan fingerprint density at radius 1 is 1.71 bits per heavy atom. The maximum atomic E-state index is 11.4. The molecule has 0 spiro atoms. The van der Waals surface area contributed by atoms with Crippen molar-refractivity contribution in [3.63, 3.8) is 0 Å². The highest BCUT2D eigenvalue weighted by molar-refractivity contribution is 5.75. The van der Waals surface area contributed by atoms with Crippen molar-refractivity contribution < 1.29 is 9.90 Å². The lowest BCUT2D eigenvalue weighted by atomic mass is 10.1. The van der Waals surface area contributed by atoms with Gasteiger partial charge in [-0.25, -0.2) is 0 Å². The second-order valence-corrected chi connectivity index (χ2v) is 4.33. The molecule has 1 unspecified atom stereocenters. The predicted octanol–water partition coefficient (Wildman–Crippen LogP) is 0.571. The summed E-state index contributed by atoms with van der Waals surface area (Å²) in [5.74, 6) is 0.188. The second kappa shape index (κ2) is 5.02. The minimum Gasteiger partial charge on any atom is -0.388 e. The zero-order valence-corrected chi connectivity index (χ0v) is 9.47. The van der Waals surface area contributed by atoms with Crippen molar-refractivity contribution in [1.82, 2.24) is 9.88 Å². The van der Waals surface area contributed by atoms with Gasteiger partial charge in [0.05, 0.1) is 12.2 Å². The van der Waals surface area contributed by atoms with Crippen LogP contribution in [0.4, 0.5) is 0 Å². The molecule has 1 saturated carbocycles. The highest BCUT2D eigenvalue weighted by atomic mass is 16.3. The van der Waals surface area contributed by atoms with E-state index in [4.69, 9.17) is 5.26 Å². The number of hydrogen-bond donors (Lipinski definition) is 2. The molecule has 1 heterocycles. The van der Waals surface area contributed by atoms with Crippen LogP contribution in [0, 0.1) is 17.2 Å². The minimum absolute atomic E-state index is 0.0255. The number of aromatic nitrogens is 1. The van der Waals surface area contributed by atoms with Gasteiger partial charge < -0.3 is 15.0 Å². The fraction of sp³-hybridized carbons (Fsp3) is 0.500. The monoisotopic (exact) mass is 233 g/mol. The SMILES string of the molecule is N#CCNC(=O)Cn1ccc(C(O)C2CC2)c1. The lowest BCUT2D eigenvalue weighted by Crippen LogP contribution is -2.27. The Bertz CT molecular complexity index is 443. The van der Waals surface area contributed by atoms with E-state index in [-0.39, 0.29) is 19.0 Å². The van der Waals surface area contributed by atoms with Crippen molar-refractivity contribution in [3.05, 3.63) is 24.0 Å². The third kappa shape index (κ3) is 3.08. The highest BCUT2D eigenvalue weighted by Crippen LogP contribution is 2.40. The summed E-state index contributed by atoms with van der Waals surface area (Å²) >= 11 is 0. The molecule has 1 aliphatic carbocycles. The van der Waals surface area contributed by atoms with Gasteiger partial charge in [0.1, 0.15) is 13.1 Å². The number of hydrogen-bond acceptors (Lipinski definition) is 3. The molecule has 1 amide bonds. The van der Waals surface area contributed by atoms with Gasteiger partial charge in [0.15, 0.2) is 0 Å². The highest BCUT2D eigenvalue weighted by Gasteiger charge is 2.31. The van der Waals surface area contributed by atoms with Crippen molar-refractivity contribution >= 4 is 5.91 Å². The van der Waals surface area contributed by atoms with E-state index in [1.807, 2.05) is 12.1 Å². The number of carbonyl (C=O) groups excluding carboxylic acids is 1. The van der Waals surface area contributed by atoms with E-state index >= 15 is 0 Å². The normalized spacial score (nSPS) is 16.2. The first-order valence-corrected chi connectivity index (χ1v) is 5.68. The Hall–Kier alpha value is -1.80. The maximum absolute atomic E-state index is 11.4. The van der Waals surface area contributed by atoms with Crippen LogP contribution in [-0.2, 0) is 11.3 Å². The van der Waals surface area contributed by atoms with Gasteiger partial charge in [0, 0.05) is 12.4 Å². The summed E-state index contributed by atoms with van der Waals surface area (Å²) in [6.45, 7) is 0.205. The molecular weight excluding hydrogens is 218 g/mol. The largest absolute Gasteiger partial charge is 0.388 e. The molecule has 2 N–H and O–H groups in total. The molecule has 0 radical (unpaired) electrons. The molecule has 5 nitrogen and oxygen atoms in total. The van der Waals surface area contributed by atoms with Gasteiger partial charge in [0.25, 0.3) is 0 Å². The summed E-state index contributed by atoms with van der Waals surface area (Å²) in [7, 11) is 0. The smallest absolute Gasteiger partial charge is 0.240 e. The van der Waals surface area contributed by atoms with Crippen LogP contribution in [0.15, 0.2) is 18.5 Å². The lowest BCUT2D eigenvalue weighted by molar-refractivity contribution is -0.121. The number of rotatable bonds is 5. The van der Waals surface area contributed by atoms with Crippen LogP contribution in [0.1, 0.15) is 24.5 Å². The van der Waals surface area contributed by atoms with Crippen LogP contribution in [0.5, 0.6) is 0 Å². The number of aliphatic hydroxyl groups is 1. The lowest BCUT2D eigenvalue weighted by Gasteiger charge is -2.06. The van der Waals surface area contributed by atoms with E-state index in [1.165, 1.54) is 0 Å². The molecule has 5 heteroatoms. The number of amides is 1. The molecule has 2 rings (SSSR count). The Morgan fingerprint density at radius 2 is 2.47 bits per heavy atom. The molecule has 90 valence electrons. The topological polar surface area (TPSA) is 78.0 Å². The van der Waals surface area contributed by atoms with E-state index < -0.39 is 6.10 Å². The molecule has 0 aromatic carbocycles. The van der Waals surface area contributed by atoms with Crippen LogP contribution < -0.4 is 5.32 Å². The van der Waals surface area contributed by atoms with Crippen molar-refractivity contribution in [2.75, 3.05) is 6.54 Å². The Balaban J connectivity index is 1.89. The zero-order chi connectivity index (χ0) is 12.3. The van der Waals surface area contributed by atoms with Gasteiger partial charge in [0.2, 0.25) is 5.91 Å². The van der Waals surface area contributed by atoms with Crippen molar-refractivity contribution in [2.45, 2.75) is 25.5 Å². The molecule has 1 aliphatic rings. The first-order valence-electron chi connectivity index (χ1n) is 5.68. The van der Waals surface area contributed by atoms with Crippen molar-refractivity contribution in [1.29, 1.82) is 5.26 Å². The van der Waals surface area contributed by atoms with Gasteiger partial charge in [-0.1, -0.05) is 0 Å². The number of carbonyl (C=O) groups is 1. The van der Waals surface area contributed by atoms with Crippen LogP contribution in [0.25, 0.3) is 0 Å². The fourth-order valence-corrected chi connectivity index (χ4v) is 1.78. The number of nitrogens with zero attached hydrogens (tertiary/aromatic N) is 2. The molecule has 1 aromatic rings. The molecule has 0 bridgehead atoms. The van der Waals surface area contributed by atoms with Gasteiger partial charge in [-0.05, 0) is 30.4 Å². The third-order valence-electron chi connectivity index (χ3n) is 2.87.